The van der Waals surface area contributed by atoms with Crippen LogP contribution in [0, 0.1) is 29.1 Å². The predicted molar refractivity (Wildman–Crippen MR) is 77.2 cm³/mol. The van der Waals surface area contributed by atoms with Gasteiger partial charge in [0, 0.05) is 5.56 Å². The number of halogens is 5. The van der Waals surface area contributed by atoms with Crippen LogP contribution in [0.4, 0.5) is 22.0 Å². The number of esters is 1. The molecule has 1 aromatic heterocycles. The summed E-state index contributed by atoms with van der Waals surface area (Å²) in [6, 6.07) is 4.81. The number of benzene rings is 2. The van der Waals surface area contributed by atoms with Crippen molar-refractivity contribution >= 4 is 17.6 Å². The lowest BCUT2D eigenvalue weighted by molar-refractivity contribution is 0.0716. The van der Waals surface area contributed by atoms with Gasteiger partial charge in [-0.15, -0.1) is 5.10 Å². The minimum atomic E-state index is -2.37. The molecule has 1 heterocycles. The van der Waals surface area contributed by atoms with Gasteiger partial charge in [0.1, 0.15) is 0 Å². The summed E-state index contributed by atoms with van der Waals surface area (Å²) in [5, 5.41) is 6.77. The van der Waals surface area contributed by atoms with Crippen molar-refractivity contribution in [3.8, 4) is 17.2 Å². The molecule has 0 saturated carbocycles. The summed E-state index contributed by atoms with van der Waals surface area (Å²) in [5.41, 5.74) is 0.0382. The van der Waals surface area contributed by atoms with Gasteiger partial charge in [0.25, 0.3) is 5.89 Å². The molecule has 27 heavy (non-hydrogen) atoms. The van der Waals surface area contributed by atoms with Crippen LogP contribution in [0.25, 0.3) is 11.5 Å². The second-order valence-corrected chi connectivity index (χ2v) is 5.34. The Balaban J connectivity index is 1.86. The Morgan fingerprint density at radius 3 is 1.96 bits per heavy atom. The number of hydrogen-bond donors (Lipinski definition) is 0. The van der Waals surface area contributed by atoms with Crippen molar-refractivity contribution in [2.24, 2.45) is 0 Å². The van der Waals surface area contributed by atoms with E-state index in [4.69, 9.17) is 4.42 Å². The molecular weight excluding hydrogens is 399 g/mol. The Labute approximate surface area is 150 Å². The zero-order chi connectivity index (χ0) is 19.7. The molecule has 0 aliphatic carbocycles. The van der Waals surface area contributed by atoms with E-state index >= 15 is 0 Å². The maximum absolute atomic E-state index is 13.5. The van der Waals surface area contributed by atoms with Gasteiger partial charge < -0.3 is 9.15 Å². The van der Waals surface area contributed by atoms with E-state index in [-0.39, 0.29) is 28.3 Å². The molecular formula is C15H4F5N2O4S+. The van der Waals surface area contributed by atoms with Crippen LogP contribution in [0.2, 0.25) is 0 Å². The van der Waals surface area contributed by atoms with E-state index in [2.05, 4.69) is 14.9 Å². The lowest BCUT2D eigenvalue weighted by Gasteiger charge is -2.09. The number of carbonyl (C=O) groups excluding carboxylic acids is 1. The quantitative estimate of drug-likeness (QED) is 0.166. The highest BCUT2D eigenvalue weighted by Gasteiger charge is 2.29. The highest BCUT2D eigenvalue weighted by atomic mass is 32.1. The van der Waals surface area contributed by atoms with E-state index in [0.717, 1.165) is 12.1 Å². The Bertz CT molecular complexity index is 1030. The molecule has 138 valence electrons. The SMILES string of the molecule is O=[S+]c1nnc(-c2ccc(C(=O)Oc3c(F)c(F)c(F)c(F)c3F)cc2)o1. The number of rotatable bonds is 4. The number of ether oxygens (including phenoxy) is 1. The molecule has 0 N–H and O–H groups in total. The fraction of sp³-hybridized carbons (Fsp3) is 0. The average molecular weight is 403 g/mol. The summed E-state index contributed by atoms with van der Waals surface area (Å²) < 4.78 is 86.2. The van der Waals surface area contributed by atoms with Gasteiger partial charge in [-0.3, -0.25) is 0 Å². The van der Waals surface area contributed by atoms with Gasteiger partial charge in [-0.2, -0.15) is 8.78 Å². The van der Waals surface area contributed by atoms with E-state index in [1.807, 2.05) is 0 Å². The first-order chi connectivity index (χ1) is 12.8. The third-order valence-electron chi connectivity index (χ3n) is 3.21. The van der Waals surface area contributed by atoms with E-state index in [1.54, 1.807) is 0 Å². The summed E-state index contributed by atoms with van der Waals surface area (Å²) in [4.78, 5) is 11.9. The van der Waals surface area contributed by atoms with E-state index in [0.29, 0.717) is 5.56 Å². The highest BCUT2D eigenvalue weighted by molar-refractivity contribution is 7.65. The summed E-state index contributed by atoms with van der Waals surface area (Å²) in [5.74, 6) is -14.5. The standard InChI is InChI=1S/C15H4F5N2O4S/c16-7-8(17)10(19)12(11(20)9(7)18)25-14(23)6-3-1-5(2-4-6)13-21-22-15(26-13)27-24/h1-4H/q+1. The van der Waals surface area contributed by atoms with Gasteiger partial charge in [0.05, 0.1) is 9.77 Å². The van der Waals surface area contributed by atoms with E-state index < -0.39 is 40.8 Å². The molecule has 12 heteroatoms. The highest BCUT2D eigenvalue weighted by Crippen LogP contribution is 2.30. The number of hydrogen-bond acceptors (Lipinski definition) is 6. The van der Waals surface area contributed by atoms with Crippen LogP contribution in [0.1, 0.15) is 10.4 Å². The molecule has 3 rings (SSSR count). The Kier molecular flexibility index (Phi) is 4.90. The maximum Gasteiger partial charge on any atom is 0.574 e. The Hall–Kier alpha value is -3.28. The van der Waals surface area contributed by atoms with Crippen molar-refractivity contribution < 1.29 is 40.1 Å². The van der Waals surface area contributed by atoms with Gasteiger partial charge >= 0.3 is 22.9 Å². The predicted octanol–water partition coefficient (Wildman–Crippen LogP) is 3.44. The first-order valence-corrected chi connectivity index (χ1v) is 7.55. The van der Waals surface area contributed by atoms with E-state index in [1.165, 1.54) is 12.1 Å². The Morgan fingerprint density at radius 2 is 1.44 bits per heavy atom. The molecule has 3 aromatic rings. The molecule has 0 radical (unpaired) electrons. The third kappa shape index (κ3) is 3.38. The largest absolute Gasteiger partial charge is 0.574 e. The zero-order valence-electron chi connectivity index (χ0n) is 12.6. The van der Waals surface area contributed by atoms with Crippen LogP contribution in [0.5, 0.6) is 5.75 Å². The van der Waals surface area contributed by atoms with Crippen molar-refractivity contribution in [2.75, 3.05) is 0 Å². The third-order valence-corrected chi connectivity index (χ3v) is 3.52. The minimum Gasteiger partial charge on any atom is -0.416 e. The fourth-order valence-electron chi connectivity index (χ4n) is 1.93. The smallest absolute Gasteiger partial charge is 0.416 e. The van der Waals surface area contributed by atoms with Crippen LogP contribution >= 0.6 is 0 Å². The molecule has 0 amide bonds. The van der Waals surface area contributed by atoms with Gasteiger partial charge in [-0.05, 0) is 29.4 Å². The topological polar surface area (TPSA) is 82.3 Å². The lowest BCUT2D eigenvalue weighted by atomic mass is 10.1. The molecule has 0 bridgehead atoms. The second-order valence-electron chi connectivity index (χ2n) is 4.82. The molecule has 0 aliphatic heterocycles. The lowest BCUT2D eigenvalue weighted by Crippen LogP contribution is -2.13. The second kappa shape index (κ2) is 7.15. The molecule has 0 aliphatic rings. The molecule has 0 fully saturated rings. The average Bonchev–Trinajstić information content (AvgIpc) is 3.17. The fourth-order valence-corrected chi connectivity index (χ4v) is 2.12. The summed E-state index contributed by atoms with van der Waals surface area (Å²) in [6.45, 7) is 0. The van der Waals surface area contributed by atoms with Crippen LogP contribution in [-0.4, -0.2) is 16.2 Å². The van der Waals surface area contributed by atoms with Crippen molar-refractivity contribution in [3.05, 3.63) is 58.9 Å². The number of nitrogens with zero attached hydrogens (tertiary/aromatic N) is 2. The van der Waals surface area contributed by atoms with Crippen molar-refractivity contribution in [1.82, 2.24) is 10.2 Å². The molecule has 2 aromatic carbocycles. The Morgan fingerprint density at radius 1 is 0.889 bits per heavy atom. The van der Waals surface area contributed by atoms with Gasteiger partial charge in [0.15, 0.2) is 0 Å². The first kappa shape index (κ1) is 18.5. The van der Waals surface area contributed by atoms with E-state index in [9.17, 15) is 31.0 Å². The molecule has 0 atom stereocenters. The monoisotopic (exact) mass is 403 g/mol. The van der Waals surface area contributed by atoms with Crippen LogP contribution in [-0.2, 0) is 15.9 Å². The summed E-state index contributed by atoms with van der Waals surface area (Å²) in [7, 11) is 0. The van der Waals surface area contributed by atoms with Gasteiger partial charge in [-0.25, -0.2) is 18.0 Å². The van der Waals surface area contributed by atoms with Crippen molar-refractivity contribution in [2.45, 2.75) is 5.22 Å². The maximum atomic E-state index is 13.5. The summed E-state index contributed by atoms with van der Waals surface area (Å²) in [6.07, 6.45) is 0. The molecule has 0 saturated heterocycles. The van der Waals surface area contributed by atoms with Crippen LogP contribution in [0.3, 0.4) is 0 Å². The van der Waals surface area contributed by atoms with Crippen LogP contribution in [0.15, 0.2) is 33.9 Å². The van der Waals surface area contributed by atoms with Crippen molar-refractivity contribution in [1.29, 1.82) is 0 Å². The minimum absolute atomic E-state index is 0.0238. The zero-order valence-corrected chi connectivity index (χ0v) is 13.5. The van der Waals surface area contributed by atoms with Gasteiger partial charge in [-0.1, -0.05) is 0 Å². The van der Waals surface area contributed by atoms with Crippen molar-refractivity contribution in [3.63, 3.8) is 0 Å². The van der Waals surface area contributed by atoms with Crippen LogP contribution < -0.4 is 4.74 Å². The number of aromatic nitrogens is 2. The first-order valence-electron chi connectivity index (χ1n) is 6.80. The molecule has 6 nitrogen and oxygen atoms in total. The normalized spacial score (nSPS) is 10.7. The molecule has 0 unspecified atom stereocenters. The summed E-state index contributed by atoms with van der Waals surface area (Å²) >= 11 is -0.0238. The van der Waals surface area contributed by atoms with Gasteiger partial charge in [0.2, 0.25) is 34.8 Å². The number of carbonyl (C=O) groups is 1. The molecule has 0 spiro atoms.